The van der Waals surface area contributed by atoms with Crippen molar-refractivity contribution in [2.45, 2.75) is 117 Å². The zero-order valence-corrected chi connectivity index (χ0v) is 21.5. The van der Waals surface area contributed by atoms with Gasteiger partial charge in [0, 0.05) is 0 Å². The molecule has 0 unspecified atom stereocenters. The van der Waals surface area contributed by atoms with Gasteiger partial charge in [-0.2, -0.15) is 0 Å². The van der Waals surface area contributed by atoms with E-state index in [-0.39, 0.29) is 11.5 Å². The Hall–Kier alpha value is -2.17. The van der Waals surface area contributed by atoms with Crippen molar-refractivity contribution < 1.29 is 19.0 Å². The third-order valence-corrected chi connectivity index (χ3v) is 6.33. The summed E-state index contributed by atoms with van der Waals surface area (Å²) < 4.78 is 17.0. The molecule has 0 atom stereocenters. The lowest BCUT2D eigenvalue weighted by Crippen LogP contribution is -2.09. The van der Waals surface area contributed by atoms with Crippen LogP contribution in [0.1, 0.15) is 117 Å². The Balaban J connectivity index is 1.82. The summed E-state index contributed by atoms with van der Waals surface area (Å²) in [6.45, 7) is 5.42. The zero-order valence-electron chi connectivity index (χ0n) is 21.5. The van der Waals surface area contributed by atoms with Gasteiger partial charge < -0.3 is 19.0 Å². The lowest BCUT2D eigenvalue weighted by atomic mass is 10.1. The highest BCUT2D eigenvalue weighted by Crippen LogP contribution is 2.38. The van der Waals surface area contributed by atoms with E-state index in [0.29, 0.717) is 29.9 Å². The van der Waals surface area contributed by atoms with Crippen LogP contribution in [0.4, 0.5) is 0 Å². The first-order valence-corrected chi connectivity index (χ1v) is 13.7. The maximum absolute atomic E-state index is 12.4. The highest BCUT2D eigenvalue weighted by Gasteiger charge is 2.19. The summed E-state index contributed by atoms with van der Waals surface area (Å²) in [6.07, 6.45) is 19.3. The molecule has 2 aromatic rings. The lowest BCUT2D eigenvalue weighted by Gasteiger charge is -2.12. The zero-order chi connectivity index (χ0) is 24.4. The van der Waals surface area contributed by atoms with E-state index in [2.05, 4.69) is 13.8 Å². The van der Waals surface area contributed by atoms with Crippen molar-refractivity contribution in [3.63, 3.8) is 0 Å². The van der Waals surface area contributed by atoms with Crippen LogP contribution in [0, 0.1) is 0 Å². The number of rotatable bonds is 20. The predicted molar refractivity (Wildman–Crippen MR) is 140 cm³/mol. The van der Waals surface area contributed by atoms with Gasteiger partial charge in [0.15, 0.2) is 5.75 Å². The second kappa shape index (κ2) is 17.3. The topological polar surface area (TPSA) is 68.9 Å². The molecule has 0 saturated carbocycles. The second-order valence-electron chi connectivity index (χ2n) is 9.34. The number of unbranched alkanes of at least 4 members (excludes halogenated alkanes) is 14. The van der Waals surface area contributed by atoms with Crippen molar-refractivity contribution in [1.82, 2.24) is 0 Å². The van der Waals surface area contributed by atoms with Crippen LogP contribution in [0.15, 0.2) is 27.4 Å². The van der Waals surface area contributed by atoms with E-state index in [0.717, 1.165) is 25.7 Å². The van der Waals surface area contributed by atoms with E-state index < -0.39 is 5.63 Å². The molecule has 0 fully saturated rings. The molecule has 5 heteroatoms. The smallest absolute Gasteiger partial charge is 0.383 e. The summed E-state index contributed by atoms with van der Waals surface area (Å²) in [5, 5.41) is 11.2. The third kappa shape index (κ3) is 9.99. The second-order valence-corrected chi connectivity index (χ2v) is 9.34. The van der Waals surface area contributed by atoms with Crippen LogP contribution < -0.4 is 15.1 Å². The van der Waals surface area contributed by atoms with Crippen molar-refractivity contribution in [2.75, 3.05) is 13.2 Å². The van der Waals surface area contributed by atoms with Crippen LogP contribution in [-0.2, 0) is 0 Å². The summed E-state index contributed by atoms with van der Waals surface area (Å²) in [4.78, 5) is 12.4. The number of benzene rings is 1. The van der Waals surface area contributed by atoms with Gasteiger partial charge in [-0.1, -0.05) is 110 Å². The Morgan fingerprint density at radius 1 is 0.706 bits per heavy atom. The van der Waals surface area contributed by atoms with E-state index in [1.54, 1.807) is 18.2 Å². The van der Waals surface area contributed by atoms with E-state index >= 15 is 0 Å². The molecule has 0 saturated heterocycles. The van der Waals surface area contributed by atoms with Crippen molar-refractivity contribution in [3.8, 4) is 17.2 Å². The molecule has 0 amide bonds. The van der Waals surface area contributed by atoms with Crippen molar-refractivity contribution in [3.05, 3.63) is 28.6 Å². The molecule has 0 radical (unpaired) electrons. The number of aromatic hydroxyl groups is 1. The van der Waals surface area contributed by atoms with Gasteiger partial charge in [0.1, 0.15) is 16.7 Å². The standard InChI is InChI=1S/C29H46O5/c1-3-5-7-9-11-13-15-17-22-32-24-20-19-21-25-26(24)27(30)28(29(31)34-25)33-23-18-16-14-12-10-8-6-4-2/h19-21,30H,3-18,22-23H2,1-2H3. The van der Waals surface area contributed by atoms with Crippen LogP contribution in [0.3, 0.4) is 0 Å². The molecule has 0 aliphatic rings. The first-order chi connectivity index (χ1) is 16.7. The minimum atomic E-state index is -0.648. The van der Waals surface area contributed by atoms with Crippen molar-refractivity contribution >= 4 is 11.0 Å². The average Bonchev–Trinajstić information content (AvgIpc) is 2.83. The Kier molecular flexibility index (Phi) is 14.3. The van der Waals surface area contributed by atoms with Crippen LogP contribution in [0.2, 0.25) is 0 Å². The van der Waals surface area contributed by atoms with Gasteiger partial charge in [-0.05, 0) is 25.0 Å². The van der Waals surface area contributed by atoms with Crippen LogP contribution in [-0.4, -0.2) is 18.3 Å². The molecular formula is C29H46O5. The van der Waals surface area contributed by atoms with E-state index in [1.165, 1.54) is 77.0 Å². The molecule has 0 aliphatic carbocycles. The van der Waals surface area contributed by atoms with Gasteiger partial charge in [0.25, 0.3) is 0 Å². The lowest BCUT2D eigenvalue weighted by molar-refractivity contribution is 0.273. The fraction of sp³-hybridized carbons (Fsp3) is 0.690. The van der Waals surface area contributed by atoms with Gasteiger partial charge >= 0.3 is 5.63 Å². The normalized spacial score (nSPS) is 11.2. The predicted octanol–water partition coefficient (Wildman–Crippen LogP) is 8.54. The summed E-state index contributed by atoms with van der Waals surface area (Å²) in [7, 11) is 0. The Morgan fingerprint density at radius 3 is 1.76 bits per heavy atom. The van der Waals surface area contributed by atoms with Crippen LogP contribution in [0.5, 0.6) is 17.2 Å². The Labute approximate surface area is 205 Å². The molecule has 1 aromatic heterocycles. The summed E-state index contributed by atoms with van der Waals surface area (Å²) in [5.41, 5.74) is -0.333. The van der Waals surface area contributed by atoms with Crippen molar-refractivity contribution in [1.29, 1.82) is 0 Å². The highest BCUT2D eigenvalue weighted by atomic mass is 16.5. The van der Waals surface area contributed by atoms with Crippen LogP contribution in [0.25, 0.3) is 11.0 Å². The third-order valence-electron chi connectivity index (χ3n) is 6.33. The molecule has 1 N–H and O–H groups in total. The van der Waals surface area contributed by atoms with Gasteiger partial charge in [0.2, 0.25) is 5.75 Å². The van der Waals surface area contributed by atoms with Crippen LogP contribution >= 0.6 is 0 Å². The number of hydrogen-bond acceptors (Lipinski definition) is 5. The summed E-state index contributed by atoms with van der Waals surface area (Å²) in [5.74, 6) is 0.231. The fourth-order valence-electron chi connectivity index (χ4n) is 4.26. The van der Waals surface area contributed by atoms with Gasteiger partial charge in [-0.15, -0.1) is 0 Å². The molecule has 0 aliphatic heterocycles. The minimum Gasteiger partial charge on any atom is -0.503 e. The number of hydrogen-bond donors (Lipinski definition) is 1. The first kappa shape index (κ1) is 28.1. The Bertz CT molecular complexity index is 857. The first-order valence-electron chi connectivity index (χ1n) is 13.7. The van der Waals surface area contributed by atoms with Gasteiger partial charge in [-0.25, -0.2) is 4.79 Å². The molecule has 0 bridgehead atoms. The molecule has 34 heavy (non-hydrogen) atoms. The molecular weight excluding hydrogens is 428 g/mol. The molecule has 192 valence electrons. The fourth-order valence-corrected chi connectivity index (χ4v) is 4.26. The number of fused-ring (bicyclic) bond motifs is 1. The van der Waals surface area contributed by atoms with E-state index in [4.69, 9.17) is 13.9 Å². The maximum atomic E-state index is 12.4. The summed E-state index contributed by atoms with van der Waals surface area (Å²) >= 11 is 0. The van der Waals surface area contributed by atoms with E-state index in [9.17, 15) is 9.90 Å². The molecule has 5 nitrogen and oxygen atoms in total. The van der Waals surface area contributed by atoms with E-state index in [1.807, 2.05) is 0 Å². The molecule has 2 rings (SSSR count). The average molecular weight is 475 g/mol. The molecule has 0 spiro atoms. The maximum Gasteiger partial charge on any atom is 0.383 e. The van der Waals surface area contributed by atoms with Gasteiger partial charge in [0.05, 0.1) is 13.2 Å². The SMILES string of the molecule is CCCCCCCCCCOc1c(O)c2c(OCCCCCCCCCC)cccc2oc1=O. The monoisotopic (exact) mass is 474 g/mol. The van der Waals surface area contributed by atoms with Gasteiger partial charge in [-0.3, -0.25) is 0 Å². The summed E-state index contributed by atoms with van der Waals surface area (Å²) in [6, 6.07) is 5.24. The number of ether oxygens (including phenoxy) is 2. The largest absolute Gasteiger partial charge is 0.503 e. The quantitative estimate of drug-likeness (QED) is 0.154. The Morgan fingerprint density at radius 2 is 1.21 bits per heavy atom. The molecule has 1 aromatic carbocycles. The highest BCUT2D eigenvalue weighted by molar-refractivity contribution is 5.91. The molecule has 1 heterocycles. The van der Waals surface area contributed by atoms with Crippen molar-refractivity contribution in [2.24, 2.45) is 0 Å². The minimum absolute atomic E-state index is 0.112.